The summed E-state index contributed by atoms with van der Waals surface area (Å²) >= 11 is 0. The summed E-state index contributed by atoms with van der Waals surface area (Å²) in [5.41, 5.74) is 1.96. The van der Waals surface area contributed by atoms with Gasteiger partial charge in [-0.3, -0.25) is 18.7 Å². The Morgan fingerprint density at radius 3 is 0.614 bits per heavy atom. The molecule has 0 N–H and O–H groups in total. The molecule has 0 heterocycles. The third kappa shape index (κ3) is 18.5. The first kappa shape index (κ1) is 47.9. The van der Waals surface area contributed by atoms with E-state index in [0.717, 1.165) is 11.3 Å². The summed E-state index contributed by atoms with van der Waals surface area (Å²) in [6.07, 6.45) is 26.7. The Morgan fingerprint density at radius 2 is 0.477 bits per heavy atom. The van der Waals surface area contributed by atoms with Gasteiger partial charge in [0, 0.05) is 114 Å². The molecule has 0 unspecified atom stereocenters. The zero-order valence-corrected chi connectivity index (χ0v) is 34.9. The molecule has 4 aliphatic carbocycles. The van der Waals surface area contributed by atoms with Crippen molar-refractivity contribution in [1.82, 2.24) is 18.7 Å². The first-order chi connectivity index (χ1) is 20.6. The fourth-order valence-corrected chi connectivity index (χ4v) is 13.9. The van der Waals surface area contributed by atoms with Crippen molar-refractivity contribution in [1.29, 1.82) is 0 Å². The third-order valence-corrected chi connectivity index (χ3v) is 16.8. The van der Waals surface area contributed by atoms with Crippen LogP contribution >= 0.6 is 16.4 Å². The van der Waals surface area contributed by atoms with Crippen LogP contribution in [0.15, 0.2) is 0 Å². The molecule has 4 nitrogen and oxygen atoms in total. The van der Waals surface area contributed by atoms with Crippen LogP contribution < -0.4 is 0 Å². The number of hydrogen-bond donors (Lipinski definition) is 0. The maximum atomic E-state index is 2.72. The van der Waals surface area contributed by atoms with Crippen molar-refractivity contribution < 1.29 is 34.1 Å². The Balaban J connectivity index is 0. The maximum Gasteiger partial charge on any atom is 0.0426 e. The zero-order valence-electron chi connectivity index (χ0n) is 30.9. The van der Waals surface area contributed by atoms with Crippen molar-refractivity contribution in [2.24, 2.45) is 0 Å². The van der Waals surface area contributed by atoms with Gasteiger partial charge < -0.3 is 0 Å². The topological polar surface area (TPSA) is 13.0 Å². The van der Waals surface area contributed by atoms with Gasteiger partial charge in [-0.25, -0.2) is 0 Å². The summed E-state index contributed by atoms with van der Waals surface area (Å²) in [6, 6.07) is 0. The van der Waals surface area contributed by atoms with Gasteiger partial charge in [-0.1, -0.05) is 145 Å². The average molecular weight is 741 g/mol. The molecule has 0 aliphatic heterocycles. The second-order valence-electron chi connectivity index (χ2n) is 12.6. The van der Waals surface area contributed by atoms with Crippen LogP contribution in [0.4, 0.5) is 0 Å². The van der Waals surface area contributed by atoms with Crippen LogP contribution in [-0.2, 0) is 34.1 Å². The molecule has 4 fully saturated rings. The molecule has 0 saturated heterocycles. The fourth-order valence-electron chi connectivity index (χ4n) is 7.37. The summed E-state index contributed by atoms with van der Waals surface area (Å²) in [7, 11) is -0.0448. The largest absolute Gasteiger partial charge is 0.270 e. The molecule has 4 saturated carbocycles. The van der Waals surface area contributed by atoms with Gasteiger partial charge in [-0.2, -0.15) is 0 Å². The standard InChI is InChI=1S/2C13H29N2P.2C5H10.2Fe/c2*1-5-14(6-2)16(15(7-3)8-4)13-11-9-10-12-13;2*1-2-4-5-3-1;;/h2*13H,5-12H2,1-4H3;2*1-5H2;;. The smallest absolute Gasteiger partial charge is 0.0426 e. The number of hydrogen-bond acceptors (Lipinski definition) is 4. The summed E-state index contributed by atoms with van der Waals surface area (Å²) in [5, 5.41) is 0. The van der Waals surface area contributed by atoms with Crippen molar-refractivity contribution in [2.45, 2.75) is 182 Å². The molecule has 0 radical (unpaired) electrons. The molecule has 0 bridgehead atoms. The van der Waals surface area contributed by atoms with E-state index in [0.29, 0.717) is 0 Å². The zero-order chi connectivity index (χ0) is 31.0. The van der Waals surface area contributed by atoms with Crippen molar-refractivity contribution >= 4 is 16.4 Å². The molecule has 268 valence electrons. The van der Waals surface area contributed by atoms with E-state index in [4.69, 9.17) is 0 Å². The molecule has 44 heavy (non-hydrogen) atoms. The molecule has 4 rings (SSSR count). The van der Waals surface area contributed by atoms with Crippen molar-refractivity contribution in [3.63, 3.8) is 0 Å². The molecular formula is C36H78Fe2N4P2. The molecule has 0 atom stereocenters. The van der Waals surface area contributed by atoms with Gasteiger partial charge in [0.25, 0.3) is 0 Å². The van der Waals surface area contributed by atoms with Crippen molar-refractivity contribution in [3.05, 3.63) is 0 Å². The third-order valence-electron chi connectivity index (χ3n) is 9.88. The van der Waals surface area contributed by atoms with E-state index >= 15 is 0 Å². The van der Waals surface area contributed by atoms with Gasteiger partial charge in [0.15, 0.2) is 0 Å². The Bertz CT molecular complexity index is 476. The van der Waals surface area contributed by atoms with E-state index in [1.54, 1.807) is 0 Å². The van der Waals surface area contributed by atoms with Crippen LogP contribution in [0.2, 0.25) is 0 Å². The molecule has 8 heteroatoms. The van der Waals surface area contributed by atoms with Crippen LogP contribution in [0.3, 0.4) is 0 Å². The van der Waals surface area contributed by atoms with Gasteiger partial charge in [0.1, 0.15) is 0 Å². The quantitative estimate of drug-likeness (QED) is 0.130. The van der Waals surface area contributed by atoms with Gasteiger partial charge in [0.2, 0.25) is 0 Å². The Labute approximate surface area is 302 Å². The normalized spacial score (nSPS) is 18.7. The molecule has 4 aliphatic rings. The minimum atomic E-state index is -0.0224. The molecule has 0 spiro atoms. The molecule has 0 aromatic rings. The summed E-state index contributed by atoms with van der Waals surface area (Å²) < 4.78 is 10.9. The molecule has 0 aromatic heterocycles. The van der Waals surface area contributed by atoms with E-state index < -0.39 is 0 Å². The predicted molar refractivity (Wildman–Crippen MR) is 196 cm³/mol. The van der Waals surface area contributed by atoms with Gasteiger partial charge in [-0.15, -0.1) is 0 Å². The van der Waals surface area contributed by atoms with Crippen molar-refractivity contribution in [2.75, 3.05) is 52.4 Å². The van der Waals surface area contributed by atoms with Crippen LogP contribution in [0.25, 0.3) is 0 Å². The van der Waals surface area contributed by atoms with Gasteiger partial charge in [-0.05, 0) is 25.7 Å². The Morgan fingerprint density at radius 1 is 0.318 bits per heavy atom. The molecular weight excluding hydrogens is 662 g/mol. The van der Waals surface area contributed by atoms with Crippen LogP contribution in [-0.4, -0.2) is 82.4 Å². The summed E-state index contributed by atoms with van der Waals surface area (Å²) in [6.45, 7) is 28.3. The number of rotatable bonds is 14. The molecule has 0 amide bonds. The van der Waals surface area contributed by atoms with E-state index in [1.807, 2.05) is 0 Å². The van der Waals surface area contributed by atoms with E-state index in [1.165, 1.54) is 168 Å². The first-order valence-electron chi connectivity index (χ1n) is 19.1. The molecule has 0 aromatic carbocycles. The summed E-state index contributed by atoms with van der Waals surface area (Å²) in [5.74, 6) is 0. The summed E-state index contributed by atoms with van der Waals surface area (Å²) in [4.78, 5) is 0. The predicted octanol–water partition coefficient (Wildman–Crippen LogP) is 11.7. The second kappa shape index (κ2) is 32.0. The van der Waals surface area contributed by atoms with Crippen molar-refractivity contribution in [3.8, 4) is 0 Å². The second-order valence-corrected chi connectivity index (χ2v) is 17.6. The first-order valence-corrected chi connectivity index (χ1v) is 21.8. The average Bonchev–Trinajstić information content (AvgIpc) is 3.88. The Kier molecular flexibility index (Phi) is 34.8. The minimum absolute atomic E-state index is 0. The monoisotopic (exact) mass is 740 g/mol. The van der Waals surface area contributed by atoms with Crippen LogP contribution in [0, 0.1) is 0 Å². The minimum Gasteiger partial charge on any atom is -0.270 e. The van der Waals surface area contributed by atoms with E-state index in [2.05, 4.69) is 74.1 Å². The van der Waals surface area contributed by atoms with Crippen LogP contribution in [0.1, 0.15) is 171 Å². The Hall–Kier alpha value is 1.74. The number of nitrogens with zero attached hydrogens (tertiary/aromatic N) is 4. The SMILES string of the molecule is C1CCCC1.C1CCCC1.CCN(CC)P(C1CCCC1)N(CC)CC.CCN(CC)P(C1CCCC1)N(CC)CC.[Fe].[Fe]. The van der Waals surface area contributed by atoms with E-state index in [9.17, 15) is 0 Å². The fraction of sp³-hybridized carbons (Fsp3) is 1.00. The van der Waals surface area contributed by atoms with Gasteiger partial charge in [0.05, 0.1) is 0 Å². The van der Waals surface area contributed by atoms with Crippen LogP contribution in [0.5, 0.6) is 0 Å². The van der Waals surface area contributed by atoms with Gasteiger partial charge >= 0.3 is 0 Å². The maximum absolute atomic E-state index is 2.72. The van der Waals surface area contributed by atoms with E-state index in [-0.39, 0.29) is 50.6 Å².